The number of hydrogen-bond donors (Lipinski definition) is 1. The summed E-state index contributed by atoms with van der Waals surface area (Å²) in [7, 11) is 1.72. The van der Waals surface area contributed by atoms with Crippen molar-refractivity contribution < 1.29 is 4.74 Å². The second-order valence-corrected chi connectivity index (χ2v) is 5.10. The third kappa shape index (κ3) is 3.16. The first kappa shape index (κ1) is 13.7. The molecule has 0 aromatic heterocycles. The number of hydrogen-bond acceptors (Lipinski definition) is 3. The number of benzene rings is 1. The highest BCUT2D eigenvalue weighted by Gasteiger charge is 2.13. The van der Waals surface area contributed by atoms with Gasteiger partial charge in [-0.1, -0.05) is 11.6 Å². The van der Waals surface area contributed by atoms with Crippen molar-refractivity contribution >= 4 is 11.6 Å². The van der Waals surface area contributed by atoms with Gasteiger partial charge in [0.25, 0.3) is 0 Å². The van der Waals surface area contributed by atoms with Crippen LogP contribution in [0.2, 0.25) is 5.02 Å². The maximum atomic E-state index is 6.19. The molecule has 0 spiro atoms. The van der Waals surface area contributed by atoms with Crippen molar-refractivity contribution in [3.05, 3.63) is 28.3 Å². The molecule has 1 N–H and O–H groups in total. The van der Waals surface area contributed by atoms with Gasteiger partial charge in [-0.05, 0) is 36.6 Å². The van der Waals surface area contributed by atoms with Crippen molar-refractivity contribution in [3.8, 4) is 5.75 Å². The topological polar surface area (TPSA) is 24.5 Å². The van der Waals surface area contributed by atoms with Crippen LogP contribution in [0.5, 0.6) is 5.75 Å². The average Bonchev–Trinajstić information content (AvgIpc) is 2.41. The number of methoxy groups -OCH3 is 1. The lowest BCUT2D eigenvalue weighted by Gasteiger charge is -2.27. The quantitative estimate of drug-likeness (QED) is 0.905. The molecule has 4 heteroatoms. The maximum Gasteiger partial charge on any atom is 0.122 e. The first-order valence-electron chi connectivity index (χ1n) is 6.47. The third-order valence-corrected chi connectivity index (χ3v) is 4.01. The van der Waals surface area contributed by atoms with Crippen LogP contribution >= 0.6 is 11.6 Å². The van der Waals surface area contributed by atoms with Crippen LogP contribution in [0.3, 0.4) is 0 Å². The van der Waals surface area contributed by atoms with Gasteiger partial charge in [-0.15, -0.1) is 0 Å². The molecule has 0 saturated carbocycles. The lowest BCUT2D eigenvalue weighted by molar-refractivity contribution is 0.243. The highest BCUT2D eigenvalue weighted by atomic mass is 35.5. The maximum absolute atomic E-state index is 6.19. The van der Waals surface area contributed by atoms with Crippen LogP contribution in [0.1, 0.15) is 11.1 Å². The van der Waals surface area contributed by atoms with Crippen molar-refractivity contribution in [2.75, 3.05) is 39.8 Å². The molecule has 1 saturated heterocycles. The molecule has 2 rings (SSSR count). The molecule has 0 bridgehead atoms. The minimum absolute atomic E-state index is 0.825. The summed E-state index contributed by atoms with van der Waals surface area (Å²) < 4.78 is 5.43. The van der Waals surface area contributed by atoms with E-state index in [1.807, 2.05) is 12.1 Å². The average molecular weight is 269 g/mol. The highest BCUT2D eigenvalue weighted by Crippen LogP contribution is 2.28. The van der Waals surface area contributed by atoms with E-state index in [0.717, 1.165) is 55.5 Å². The Hall–Kier alpha value is -0.770. The molecule has 100 valence electrons. The molecule has 1 fully saturated rings. The van der Waals surface area contributed by atoms with Gasteiger partial charge in [-0.3, -0.25) is 0 Å². The Morgan fingerprint density at radius 2 is 2.06 bits per heavy atom. The van der Waals surface area contributed by atoms with Crippen LogP contribution in [-0.4, -0.2) is 44.7 Å². The van der Waals surface area contributed by atoms with Crippen molar-refractivity contribution in [3.63, 3.8) is 0 Å². The smallest absolute Gasteiger partial charge is 0.122 e. The molecule has 3 nitrogen and oxygen atoms in total. The first-order chi connectivity index (χ1) is 8.72. The fraction of sp³-hybridized carbons (Fsp3) is 0.571. The van der Waals surface area contributed by atoms with Crippen molar-refractivity contribution in [1.82, 2.24) is 10.2 Å². The second kappa shape index (κ2) is 6.41. The zero-order valence-corrected chi connectivity index (χ0v) is 11.9. The fourth-order valence-electron chi connectivity index (χ4n) is 2.41. The van der Waals surface area contributed by atoms with Crippen LogP contribution in [0.15, 0.2) is 12.1 Å². The van der Waals surface area contributed by atoms with Crippen LogP contribution in [0, 0.1) is 6.92 Å². The van der Waals surface area contributed by atoms with E-state index < -0.39 is 0 Å². The van der Waals surface area contributed by atoms with Gasteiger partial charge in [0, 0.05) is 37.7 Å². The van der Waals surface area contributed by atoms with Crippen LogP contribution < -0.4 is 10.1 Å². The van der Waals surface area contributed by atoms with Gasteiger partial charge in [-0.25, -0.2) is 0 Å². The van der Waals surface area contributed by atoms with Gasteiger partial charge in [-0.2, -0.15) is 0 Å². The van der Waals surface area contributed by atoms with Gasteiger partial charge in [0.1, 0.15) is 5.75 Å². The minimum atomic E-state index is 0.825. The van der Waals surface area contributed by atoms with E-state index in [-0.39, 0.29) is 0 Å². The number of nitrogens with zero attached hydrogens (tertiary/aromatic N) is 1. The van der Waals surface area contributed by atoms with E-state index >= 15 is 0 Å². The van der Waals surface area contributed by atoms with E-state index in [0.29, 0.717) is 0 Å². The van der Waals surface area contributed by atoms with Gasteiger partial charge in [0.15, 0.2) is 0 Å². The number of nitrogens with one attached hydrogen (secondary N) is 1. The Bertz CT molecular complexity index is 403. The molecule has 1 heterocycles. The van der Waals surface area contributed by atoms with E-state index in [2.05, 4.69) is 17.1 Å². The molecule has 1 aliphatic heterocycles. The minimum Gasteiger partial charge on any atom is -0.496 e. The summed E-state index contributed by atoms with van der Waals surface area (Å²) in [5, 5.41) is 4.19. The van der Waals surface area contributed by atoms with Crippen molar-refractivity contribution in [2.24, 2.45) is 0 Å². The largest absolute Gasteiger partial charge is 0.496 e. The van der Waals surface area contributed by atoms with Gasteiger partial charge < -0.3 is 15.0 Å². The Morgan fingerprint density at radius 1 is 1.33 bits per heavy atom. The molecule has 0 aliphatic carbocycles. The Morgan fingerprint density at radius 3 is 2.72 bits per heavy atom. The summed E-state index contributed by atoms with van der Waals surface area (Å²) >= 11 is 6.19. The Labute approximate surface area is 114 Å². The predicted octanol–water partition coefficient (Wildman–Crippen LogP) is 2.10. The zero-order valence-electron chi connectivity index (χ0n) is 11.1. The molecule has 0 amide bonds. The summed E-state index contributed by atoms with van der Waals surface area (Å²) in [5.41, 5.74) is 2.38. The van der Waals surface area contributed by atoms with Crippen molar-refractivity contribution in [1.29, 1.82) is 0 Å². The van der Waals surface area contributed by atoms with Crippen LogP contribution in [0.4, 0.5) is 0 Å². The first-order valence-corrected chi connectivity index (χ1v) is 6.85. The van der Waals surface area contributed by atoms with Gasteiger partial charge >= 0.3 is 0 Å². The summed E-state index contributed by atoms with van der Waals surface area (Å²) in [5.74, 6) is 0.951. The van der Waals surface area contributed by atoms with Gasteiger partial charge in [0.2, 0.25) is 0 Å². The highest BCUT2D eigenvalue weighted by molar-refractivity contribution is 6.31. The van der Waals surface area contributed by atoms with E-state index in [1.54, 1.807) is 7.11 Å². The van der Waals surface area contributed by atoms with E-state index in [9.17, 15) is 0 Å². The fourth-order valence-corrected chi connectivity index (χ4v) is 2.59. The van der Waals surface area contributed by atoms with Crippen LogP contribution in [0.25, 0.3) is 0 Å². The van der Waals surface area contributed by atoms with Crippen LogP contribution in [-0.2, 0) is 6.42 Å². The summed E-state index contributed by atoms with van der Waals surface area (Å²) in [6, 6.07) is 3.87. The molecule has 1 aromatic carbocycles. The third-order valence-electron chi connectivity index (χ3n) is 3.60. The summed E-state index contributed by atoms with van der Waals surface area (Å²) in [6.07, 6.45) is 0.996. The molecule has 18 heavy (non-hydrogen) atoms. The SMILES string of the molecule is COc1ccc(Cl)c(C)c1CCN1CCNCC1. The summed E-state index contributed by atoms with van der Waals surface area (Å²) in [4.78, 5) is 2.48. The van der Waals surface area contributed by atoms with Crippen molar-refractivity contribution in [2.45, 2.75) is 13.3 Å². The standard InChI is InChI=1S/C14H21ClN2O/c1-11-12(14(18-2)4-3-13(11)15)5-8-17-9-6-16-7-10-17/h3-4,16H,5-10H2,1-2H3. The molecule has 1 aliphatic rings. The lowest BCUT2D eigenvalue weighted by Crippen LogP contribution is -2.44. The number of piperazine rings is 1. The van der Waals surface area contributed by atoms with Gasteiger partial charge in [0.05, 0.1) is 7.11 Å². The zero-order chi connectivity index (χ0) is 13.0. The number of rotatable bonds is 4. The molecular formula is C14H21ClN2O. The molecule has 0 unspecified atom stereocenters. The lowest BCUT2D eigenvalue weighted by atomic mass is 10.0. The molecular weight excluding hydrogens is 248 g/mol. The number of halogens is 1. The second-order valence-electron chi connectivity index (χ2n) is 4.69. The molecule has 1 aromatic rings. The Kier molecular flexibility index (Phi) is 4.87. The predicted molar refractivity (Wildman–Crippen MR) is 75.8 cm³/mol. The normalized spacial score (nSPS) is 16.8. The molecule has 0 atom stereocenters. The summed E-state index contributed by atoms with van der Waals surface area (Å²) in [6.45, 7) is 7.57. The van der Waals surface area contributed by atoms with E-state index in [1.165, 1.54) is 5.56 Å². The number of ether oxygens (including phenoxy) is 1. The monoisotopic (exact) mass is 268 g/mol. The molecule has 0 radical (unpaired) electrons. The van der Waals surface area contributed by atoms with E-state index in [4.69, 9.17) is 16.3 Å². The Balaban J connectivity index is 2.05.